The van der Waals surface area contributed by atoms with Gasteiger partial charge in [0.05, 0.1) is 0 Å². The van der Waals surface area contributed by atoms with Crippen LogP contribution in [0.3, 0.4) is 0 Å². The van der Waals surface area contributed by atoms with Gasteiger partial charge in [0.15, 0.2) is 0 Å². The van der Waals surface area contributed by atoms with Crippen LogP contribution in [0, 0.1) is 0 Å². The van der Waals surface area contributed by atoms with Crippen LogP contribution in [-0.2, 0) is 18.0 Å². The Morgan fingerprint density at radius 2 is 1.14 bits per heavy atom. The van der Waals surface area contributed by atoms with Crippen molar-refractivity contribution in [2.24, 2.45) is 0 Å². The minimum absolute atomic E-state index is 0.443. The van der Waals surface area contributed by atoms with Gasteiger partial charge in [-0.2, -0.15) is 0 Å². The quantitative estimate of drug-likeness (QED) is 0.555. The van der Waals surface area contributed by atoms with Crippen molar-refractivity contribution in [3.63, 3.8) is 0 Å². The second-order valence-corrected chi connectivity index (χ2v) is 5.14. The summed E-state index contributed by atoms with van der Waals surface area (Å²) in [6.07, 6.45) is 0.443. The predicted octanol–water partition coefficient (Wildman–Crippen LogP) is 1.61. The molecule has 0 saturated carbocycles. The monoisotopic (exact) mass is 222 g/mol. The van der Waals surface area contributed by atoms with Gasteiger partial charge in [0.25, 0.3) is 0 Å². The van der Waals surface area contributed by atoms with Crippen molar-refractivity contribution in [2.45, 2.75) is 27.7 Å². The maximum absolute atomic E-state index is 5.58. The number of ether oxygens (including phenoxy) is 1. The van der Waals surface area contributed by atoms with Crippen molar-refractivity contribution >= 4 is 8.80 Å². The Hall–Kier alpha value is 0.0569. The van der Waals surface area contributed by atoms with E-state index in [1.807, 2.05) is 27.7 Å². The van der Waals surface area contributed by atoms with Crippen LogP contribution in [0.2, 0.25) is 0 Å². The summed E-state index contributed by atoms with van der Waals surface area (Å²) in [5.41, 5.74) is 0. The summed E-state index contributed by atoms with van der Waals surface area (Å²) in [4.78, 5) is 0. The largest absolute Gasteiger partial charge is 0.528 e. The average molecular weight is 222 g/mol. The fourth-order valence-corrected chi connectivity index (χ4v) is 3.41. The van der Waals surface area contributed by atoms with Gasteiger partial charge in [-0.3, -0.25) is 0 Å². The Labute approximate surface area is 87.9 Å². The van der Waals surface area contributed by atoms with E-state index in [1.54, 1.807) is 0 Å². The van der Waals surface area contributed by atoms with Gasteiger partial charge in [0.1, 0.15) is 6.23 Å². The van der Waals surface area contributed by atoms with Crippen LogP contribution in [0.15, 0.2) is 0 Å². The molecule has 0 rings (SSSR count). The molecule has 0 aliphatic rings. The van der Waals surface area contributed by atoms with E-state index >= 15 is 0 Å². The Bertz CT molecular complexity index is 115. The zero-order valence-corrected chi connectivity index (χ0v) is 10.7. The number of hydrogen-bond acceptors (Lipinski definition) is 4. The first-order valence-electron chi connectivity index (χ1n) is 5.24. The molecule has 4 nitrogen and oxygen atoms in total. The molecule has 0 aliphatic heterocycles. The molecule has 0 atom stereocenters. The molecule has 0 aromatic heterocycles. The zero-order valence-electron chi connectivity index (χ0n) is 9.67. The molecular weight excluding hydrogens is 200 g/mol. The number of hydrogen-bond donors (Lipinski definition) is 0. The molecule has 0 radical (unpaired) electrons. The predicted molar refractivity (Wildman–Crippen MR) is 57.1 cm³/mol. The highest BCUT2D eigenvalue weighted by atomic mass is 28.4. The van der Waals surface area contributed by atoms with Crippen molar-refractivity contribution in [1.82, 2.24) is 0 Å². The van der Waals surface area contributed by atoms with E-state index in [2.05, 4.69) is 0 Å². The van der Waals surface area contributed by atoms with Crippen molar-refractivity contribution in [3.8, 4) is 0 Å². The Morgan fingerprint density at radius 3 is 1.43 bits per heavy atom. The van der Waals surface area contributed by atoms with Crippen molar-refractivity contribution < 1.29 is 18.0 Å². The van der Waals surface area contributed by atoms with Crippen LogP contribution in [0.4, 0.5) is 0 Å². The second kappa shape index (κ2) is 8.37. The van der Waals surface area contributed by atoms with E-state index in [1.165, 1.54) is 0 Å². The van der Waals surface area contributed by atoms with E-state index in [4.69, 9.17) is 18.0 Å². The lowest BCUT2D eigenvalue weighted by molar-refractivity contribution is 0.0327. The van der Waals surface area contributed by atoms with Crippen molar-refractivity contribution in [2.75, 3.05) is 32.7 Å². The van der Waals surface area contributed by atoms with Gasteiger partial charge < -0.3 is 18.0 Å². The van der Waals surface area contributed by atoms with Crippen LogP contribution in [0.25, 0.3) is 0 Å². The molecule has 0 aliphatic carbocycles. The van der Waals surface area contributed by atoms with E-state index in [9.17, 15) is 0 Å². The Balaban J connectivity index is 4.21. The molecule has 86 valence electrons. The van der Waals surface area contributed by atoms with Crippen LogP contribution >= 0.6 is 0 Å². The van der Waals surface area contributed by atoms with E-state index in [-0.39, 0.29) is 0 Å². The SMILES string of the molecule is CCOC[Si](OCC)(OCC)OCC. The molecule has 0 amide bonds. The van der Waals surface area contributed by atoms with Gasteiger partial charge in [0.2, 0.25) is 0 Å². The second-order valence-electron chi connectivity index (χ2n) is 2.62. The summed E-state index contributed by atoms with van der Waals surface area (Å²) in [5.74, 6) is 0. The first-order chi connectivity index (χ1) is 6.74. The lowest BCUT2D eigenvalue weighted by Gasteiger charge is -2.27. The van der Waals surface area contributed by atoms with E-state index in [0.29, 0.717) is 32.7 Å². The normalized spacial score (nSPS) is 12.0. The minimum Gasteiger partial charge on any atom is -0.377 e. The molecule has 0 unspecified atom stereocenters. The van der Waals surface area contributed by atoms with Gasteiger partial charge in [-0.25, -0.2) is 0 Å². The topological polar surface area (TPSA) is 36.9 Å². The Morgan fingerprint density at radius 1 is 0.714 bits per heavy atom. The fraction of sp³-hybridized carbons (Fsp3) is 1.00. The third-order valence-corrected chi connectivity index (χ3v) is 4.32. The van der Waals surface area contributed by atoms with Gasteiger partial charge in [-0.1, -0.05) is 0 Å². The van der Waals surface area contributed by atoms with Crippen molar-refractivity contribution in [3.05, 3.63) is 0 Å². The summed E-state index contributed by atoms with van der Waals surface area (Å²) in [6, 6.07) is 0. The molecule has 0 spiro atoms. The van der Waals surface area contributed by atoms with E-state index in [0.717, 1.165) is 0 Å². The summed E-state index contributed by atoms with van der Waals surface area (Å²) in [6.45, 7) is 10.2. The number of rotatable bonds is 9. The summed E-state index contributed by atoms with van der Waals surface area (Å²) in [7, 11) is -2.54. The van der Waals surface area contributed by atoms with Crippen molar-refractivity contribution in [1.29, 1.82) is 0 Å². The first-order valence-corrected chi connectivity index (χ1v) is 7.17. The Kier molecular flexibility index (Phi) is 8.41. The van der Waals surface area contributed by atoms with Gasteiger partial charge in [-0.05, 0) is 27.7 Å². The smallest absolute Gasteiger partial charge is 0.377 e. The standard InChI is InChI=1S/C9H22O4Si/c1-5-10-9-14(11-6-2,12-7-3)13-8-4/h5-9H2,1-4H3. The van der Waals surface area contributed by atoms with Crippen LogP contribution in [-0.4, -0.2) is 41.5 Å². The van der Waals surface area contributed by atoms with Gasteiger partial charge in [-0.15, -0.1) is 0 Å². The molecule has 0 N–H and O–H groups in total. The highest BCUT2D eigenvalue weighted by Gasteiger charge is 2.40. The maximum atomic E-state index is 5.58. The lowest BCUT2D eigenvalue weighted by Crippen LogP contribution is -2.50. The molecule has 0 bridgehead atoms. The average Bonchev–Trinajstić information content (AvgIpc) is 2.16. The first kappa shape index (κ1) is 14.1. The summed E-state index contributed by atoms with van der Waals surface area (Å²) >= 11 is 0. The van der Waals surface area contributed by atoms with Gasteiger partial charge in [0, 0.05) is 26.4 Å². The van der Waals surface area contributed by atoms with Crippen LogP contribution < -0.4 is 0 Å². The lowest BCUT2D eigenvalue weighted by atomic mass is 10.9. The minimum atomic E-state index is -2.54. The van der Waals surface area contributed by atoms with Crippen LogP contribution in [0.5, 0.6) is 0 Å². The van der Waals surface area contributed by atoms with Gasteiger partial charge >= 0.3 is 8.80 Å². The highest BCUT2D eigenvalue weighted by molar-refractivity contribution is 6.60. The summed E-state index contributed by atoms with van der Waals surface area (Å²) in [5, 5.41) is 0. The van der Waals surface area contributed by atoms with Crippen LogP contribution in [0.1, 0.15) is 27.7 Å². The molecule has 14 heavy (non-hydrogen) atoms. The summed E-state index contributed by atoms with van der Waals surface area (Å²) < 4.78 is 22.1. The highest BCUT2D eigenvalue weighted by Crippen LogP contribution is 2.10. The molecule has 5 heteroatoms. The molecule has 0 saturated heterocycles. The molecule has 0 aromatic carbocycles. The third kappa shape index (κ3) is 5.07. The molecule has 0 heterocycles. The zero-order chi connectivity index (χ0) is 10.9. The molecule has 0 aromatic rings. The maximum Gasteiger partial charge on any atom is 0.528 e. The third-order valence-electron chi connectivity index (χ3n) is 1.58. The molecule has 0 fully saturated rings. The fourth-order valence-electron chi connectivity index (χ4n) is 1.14. The molecular formula is C9H22O4Si. The van der Waals surface area contributed by atoms with E-state index < -0.39 is 8.80 Å².